The zero-order valence-corrected chi connectivity index (χ0v) is 10.9. The predicted molar refractivity (Wildman–Crippen MR) is 70.4 cm³/mol. The van der Waals surface area contributed by atoms with Gasteiger partial charge in [-0.2, -0.15) is 0 Å². The minimum Gasteiger partial charge on any atom is -0.255 e. The quantitative estimate of drug-likeness (QED) is 0.739. The Hall–Kier alpha value is -1.48. The summed E-state index contributed by atoms with van der Waals surface area (Å²) >= 11 is 0. The van der Waals surface area contributed by atoms with E-state index < -0.39 is 8.07 Å². The minimum atomic E-state index is -1.36. The van der Waals surface area contributed by atoms with Crippen molar-refractivity contribution in [3.05, 3.63) is 42.7 Å². The smallest absolute Gasteiger partial charge is 0.0884 e. The lowest BCUT2D eigenvalue weighted by atomic mass is 10.2. The van der Waals surface area contributed by atoms with E-state index in [0.29, 0.717) is 0 Å². The first-order valence-corrected chi connectivity index (χ1v) is 8.96. The van der Waals surface area contributed by atoms with E-state index >= 15 is 0 Å². The molecule has 2 aromatic rings. The van der Waals surface area contributed by atoms with Gasteiger partial charge in [0.15, 0.2) is 0 Å². The molecule has 16 heavy (non-hydrogen) atoms. The zero-order chi connectivity index (χ0) is 11.6. The van der Waals surface area contributed by atoms with Crippen molar-refractivity contribution in [2.24, 2.45) is 0 Å². The monoisotopic (exact) mass is 228 g/mol. The lowest BCUT2D eigenvalue weighted by Gasteiger charge is -2.19. The van der Waals surface area contributed by atoms with E-state index in [1.165, 1.54) is 5.19 Å². The summed E-state index contributed by atoms with van der Waals surface area (Å²) in [7, 11) is -1.36. The maximum absolute atomic E-state index is 4.49. The number of hydrogen-bond donors (Lipinski definition) is 0. The van der Waals surface area contributed by atoms with Gasteiger partial charge in [0.25, 0.3) is 0 Å². The van der Waals surface area contributed by atoms with Gasteiger partial charge in [-0.1, -0.05) is 31.8 Å². The highest BCUT2D eigenvalue weighted by molar-refractivity contribution is 6.89. The molecule has 82 valence electrons. The van der Waals surface area contributed by atoms with Crippen LogP contribution in [0.5, 0.6) is 0 Å². The van der Waals surface area contributed by atoms with E-state index in [0.717, 1.165) is 11.4 Å². The Morgan fingerprint density at radius 1 is 0.875 bits per heavy atom. The van der Waals surface area contributed by atoms with Crippen LogP contribution in [0, 0.1) is 0 Å². The van der Waals surface area contributed by atoms with E-state index in [1.807, 2.05) is 36.7 Å². The van der Waals surface area contributed by atoms with Crippen molar-refractivity contribution in [2.45, 2.75) is 19.6 Å². The third-order valence-electron chi connectivity index (χ3n) is 2.52. The molecule has 0 aliphatic rings. The molecule has 2 aromatic heterocycles. The zero-order valence-electron chi connectivity index (χ0n) is 9.94. The summed E-state index contributed by atoms with van der Waals surface area (Å²) in [5.74, 6) is 0. The van der Waals surface area contributed by atoms with E-state index in [9.17, 15) is 0 Å². The van der Waals surface area contributed by atoms with Crippen molar-refractivity contribution in [2.75, 3.05) is 0 Å². The van der Waals surface area contributed by atoms with Crippen LogP contribution in [0.2, 0.25) is 19.6 Å². The van der Waals surface area contributed by atoms with Crippen LogP contribution in [0.25, 0.3) is 11.4 Å². The number of aromatic nitrogens is 2. The second-order valence-electron chi connectivity index (χ2n) is 4.86. The van der Waals surface area contributed by atoms with Gasteiger partial charge in [-0.3, -0.25) is 9.97 Å². The highest BCUT2D eigenvalue weighted by Gasteiger charge is 2.21. The molecule has 0 aromatic carbocycles. The van der Waals surface area contributed by atoms with Crippen molar-refractivity contribution in [1.29, 1.82) is 0 Å². The molecule has 3 heteroatoms. The van der Waals surface area contributed by atoms with Crippen LogP contribution >= 0.6 is 0 Å². The highest BCUT2D eigenvalue weighted by Crippen LogP contribution is 2.15. The molecule has 2 heterocycles. The summed E-state index contributed by atoms with van der Waals surface area (Å²) in [5, 5.41) is 1.37. The standard InChI is InChI=1S/C13H16N2Si/c1-16(2,3)12-8-6-10-15-13(12)11-7-4-5-9-14-11/h4-10H,1-3H3. The topological polar surface area (TPSA) is 25.8 Å². The van der Waals surface area contributed by atoms with Crippen LogP contribution < -0.4 is 5.19 Å². The van der Waals surface area contributed by atoms with Gasteiger partial charge in [0.2, 0.25) is 0 Å². The molecule has 0 atom stereocenters. The minimum absolute atomic E-state index is 0.973. The lowest BCUT2D eigenvalue weighted by molar-refractivity contribution is 1.25. The van der Waals surface area contributed by atoms with E-state index in [2.05, 4.69) is 35.7 Å². The largest absolute Gasteiger partial charge is 0.255 e. The van der Waals surface area contributed by atoms with Gasteiger partial charge in [0.05, 0.1) is 19.5 Å². The highest BCUT2D eigenvalue weighted by atomic mass is 28.3. The fraction of sp³-hybridized carbons (Fsp3) is 0.231. The summed E-state index contributed by atoms with van der Waals surface area (Å²) in [6.45, 7) is 6.99. The molecule has 0 spiro atoms. The van der Waals surface area contributed by atoms with Gasteiger partial charge in [0, 0.05) is 12.4 Å². The lowest BCUT2D eigenvalue weighted by Crippen LogP contribution is -2.39. The molecule has 2 rings (SSSR count). The Bertz CT molecular complexity index is 475. The van der Waals surface area contributed by atoms with Crippen molar-refractivity contribution in [3.8, 4) is 11.4 Å². The number of rotatable bonds is 2. The first kappa shape index (κ1) is 11.0. The Morgan fingerprint density at radius 2 is 1.62 bits per heavy atom. The van der Waals surface area contributed by atoms with Crippen LogP contribution in [0.1, 0.15) is 0 Å². The van der Waals surface area contributed by atoms with Gasteiger partial charge >= 0.3 is 0 Å². The summed E-state index contributed by atoms with van der Waals surface area (Å²) in [4.78, 5) is 8.87. The number of pyridine rings is 2. The first-order valence-electron chi connectivity index (χ1n) is 5.46. The molecule has 0 aliphatic carbocycles. The third-order valence-corrected chi connectivity index (χ3v) is 4.54. The Labute approximate surface area is 97.4 Å². The van der Waals surface area contributed by atoms with E-state index in [1.54, 1.807) is 0 Å². The number of nitrogens with zero attached hydrogens (tertiary/aromatic N) is 2. The average molecular weight is 228 g/mol. The van der Waals surface area contributed by atoms with Crippen LogP contribution in [0.3, 0.4) is 0 Å². The second-order valence-corrected chi connectivity index (χ2v) is 9.90. The van der Waals surface area contributed by atoms with Crippen molar-refractivity contribution in [1.82, 2.24) is 9.97 Å². The Morgan fingerprint density at radius 3 is 2.25 bits per heavy atom. The average Bonchev–Trinajstić information content (AvgIpc) is 2.29. The Balaban J connectivity index is 2.58. The van der Waals surface area contributed by atoms with Crippen LogP contribution in [-0.2, 0) is 0 Å². The molecule has 0 unspecified atom stereocenters. The molecule has 0 bridgehead atoms. The number of hydrogen-bond acceptors (Lipinski definition) is 2. The Kier molecular flexibility index (Phi) is 2.88. The van der Waals surface area contributed by atoms with Crippen molar-refractivity contribution in [3.63, 3.8) is 0 Å². The van der Waals surface area contributed by atoms with Gasteiger partial charge < -0.3 is 0 Å². The molecular weight excluding hydrogens is 212 g/mol. The summed E-state index contributed by atoms with van der Waals surface area (Å²) in [5.41, 5.74) is 2.02. The third kappa shape index (κ3) is 2.19. The molecule has 0 amide bonds. The molecule has 0 N–H and O–H groups in total. The van der Waals surface area contributed by atoms with Crippen molar-refractivity contribution >= 4 is 13.3 Å². The molecular formula is C13H16N2Si. The SMILES string of the molecule is C[Si](C)(C)c1cccnc1-c1ccccn1. The maximum Gasteiger partial charge on any atom is 0.0884 e. The fourth-order valence-corrected chi connectivity index (χ4v) is 3.22. The van der Waals surface area contributed by atoms with Gasteiger partial charge in [-0.15, -0.1) is 0 Å². The van der Waals surface area contributed by atoms with Crippen LogP contribution in [-0.4, -0.2) is 18.0 Å². The summed E-state index contributed by atoms with van der Waals surface area (Å²) in [6.07, 6.45) is 3.66. The predicted octanol–water partition coefficient (Wildman–Crippen LogP) is 2.69. The molecule has 0 aliphatic heterocycles. The van der Waals surface area contributed by atoms with Crippen molar-refractivity contribution < 1.29 is 0 Å². The molecule has 0 saturated heterocycles. The van der Waals surface area contributed by atoms with Crippen LogP contribution in [0.15, 0.2) is 42.7 Å². The normalized spacial score (nSPS) is 11.4. The molecule has 0 radical (unpaired) electrons. The maximum atomic E-state index is 4.49. The second kappa shape index (κ2) is 4.18. The van der Waals surface area contributed by atoms with Gasteiger partial charge in [-0.25, -0.2) is 0 Å². The van der Waals surface area contributed by atoms with E-state index in [-0.39, 0.29) is 0 Å². The summed E-state index contributed by atoms with van der Waals surface area (Å²) in [6, 6.07) is 10.2. The fourth-order valence-electron chi connectivity index (χ4n) is 1.72. The summed E-state index contributed by atoms with van der Waals surface area (Å²) < 4.78 is 0. The van der Waals surface area contributed by atoms with Crippen LogP contribution in [0.4, 0.5) is 0 Å². The van der Waals surface area contributed by atoms with Gasteiger partial charge in [0.1, 0.15) is 0 Å². The van der Waals surface area contributed by atoms with E-state index in [4.69, 9.17) is 0 Å². The molecule has 0 saturated carbocycles. The molecule has 0 fully saturated rings. The first-order chi connectivity index (χ1) is 7.59. The van der Waals surface area contributed by atoms with Gasteiger partial charge in [-0.05, 0) is 23.4 Å². The molecule has 2 nitrogen and oxygen atoms in total.